The molecule has 0 saturated heterocycles. The Morgan fingerprint density at radius 3 is 2.45 bits per heavy atom. The Kier molecular flexibility index (Phi) is 2.47. The first kappa shape index (κ1) is 11.7. The molecular weight excluding hydrogens is 240 g/mol. The van der Waals surface area contributed by atoms with Gasteiger partial charge in [-0.05, 0) is 48.1 Å². The Hall–Kier alpha value is -2.08. The predicted octanol–water partition coefficient (Wildman–Crippen LogP) is 5.05. The van der Waals surface area contributed by atoms with Crippen molar-refractivity contribution in [2.45, 2.75) is 26.2 Å². The van der Waals surface area contributed by atoms with E-state index in [9.17, 15) is 0 Å². The zero-order valence-electron chi connectivity index (χ0n) is 12.0. The fourth-order valence-corrected chi connectivity index (χ4v) is 3.45. The normalized spacial score (nSPS) is 18.9. The van der Waals surface area contributed by atoms with E-state index in [2.05, 4.69) is 68.5 Å². The van der Waals surface area contributed by atoms with E-state index in [4.69, 9.17) is 0 Å². The van der Waals surface area contributed by atoms with Crippen molar-refractivity contribution in [1.29, 1.82) is 0 Å². The Morgan fingerprint density at radius 1 is 0.850 bits per heavy atom. The van der Waals surface area contributed by atoms with Gasteiger partial charge in [0.1, 0.15) is 0 Å². The summed E-state index contributed by atoms with van der Waals surface area (Å²) in [5.74, 6) is 0.533. The minimum Gasteiger partial charge on any atom is -0.0590 e. The summed E-state index contributed by atoms with van der Waals surface area (Å²) in [5, 5.41) is 0. The summed E-state index contributed by atoms with van der Waals surface area (Å²) >= 11 is 0. The number of allylic oxidation sites excluding steroid dienone is 2. The summed E-state index contributed by atoms with van der Waals surface area (Å²) in [6, 6.07) is 13.7. The van der Waals surface area contributed by atoms with Gasteiger partial charge >= 0.3 is 0 Å². The van der Waals surface area contributed by atoms with E-state index in [0.29, 0.717) is 5.92 Å². The average molecular weight is 258 g/mol. The summed E-state index contributed by atoms with van der Waals surface area (Å²) in [6.45, 7) is 4.33. The SMILES string of the molecule is Cc1ccc2c(c1)C=C1C=Cc3cc(C)ccc3[C@@H]1C2. The third kappa shape index (κ3) is 1.76. The molecule has 0 aliphatic heterocycles. The summed E-state index contributed by atoms with van der Waals surface area (Å²) < 4.78 is 0. The molecule has 2 aliphatic carbocycles. The summed E-state index contributed by atoms with van der Waals surface area (Å²) in [6.07, 6.45) is 8.07. The van der Waals surface area contributed by atoms with Gasteiger partial charge in [0.15, 0.2) is 0 Å². The van der Waals surface area contributed by atoms with Crippen molar-refractivity contribution in [3.63, 3.8) is 0 Å². The van der Waals surface area contributed by atoms with Crippen molar-refractivity contribution in [2.24, 2.45) is 0 Å². The third-order valence-corrected chi connectivity index (χ3v) is 4.52. The maximum absolute atomic E-state index is 2.37. The number of benzene rings is 2. The molecule has 0 bridgehead atoms. The first-order valence-electron chi connectivity index (χ1n) is 7.30. The van der Waals surface area contributed by atoms with E-state index in [1.54, 1.807) is 0 Å². The lowest BCUT2D eigenvalue weighted by atomic mass is 9.75. The van der Waals surface area contributed by atoms with Crippen LogP contribution in [0.1, 0.15) is 39.3 Å². The van der Waals surface area contributed by atoms with Crippen molar-refractivity contribution in [1.82, 2.24) is 0 Å². The maximum Gasteiger partial charge on any atom is 0.0136 e. The molecule has 0 aromatic heterocycles. The van der Waals surface area contributed by atoms with E-state index in [1.807, 2.05) is 0 Å². The van der Waals surface area contributed by atoms with Crippen LogP contribution in [0.5, 0.6) is 0 Å². The van der Waals surface area contributed by atoms with Crippen LogP contribution in [0.15, 0.2) is 48.0 Å². The predicted molar refractivity (Wildman–Crippen MR) is 85.8 cm³/mol. The molecule has 98 valence electrons. The Bertz CT molecular complexity index is 760. The van der Waals surface area contributed by atoms with E-state index in [-0.39, 0.29) is 0 Å². The third-order valence-electron chi connectivity index (χ3n) is 4.52. The number of rotatable bonds is 0. The topological polar surface area (TPSA) is 0 Å². The van der Waals surface area contributed by atoms with Crippen LogP contribution in [0.3, 0.4) is 0 Å². The molecule has 20 heavy (non-hydrogen) atoms. The Labute approximate surface area is 120 Å². The molecule has 0 amide bonds. The second kappa shape index (κ2) is 4.21. The van der Waals surface area contributed by atoms with Crippen molar-refractivity contribution >= 4 is 12.2 Å². The maximum atomic E-state index is 2.37. The second-order valence-electron chi connectivity index (χ2n) is 6.07. The standard InChI is InChI=1S/C20H18/c1-13-3-5-15-12-20-17(11-18(15)10-13)7-6-16-9-14(2)4-8-19(16)20/h3-11,20H,12H2,1-2H3/t20-/m1/s1. The highest BCUT2D eigenvalue weighted by molar-refractivity contribution is 5.74. The summed E-state index contributed by atoms with van der Waals surface area (Å²) in [5.41, 5.74) is 9.89. The van der Waals surface area contributed by atoms with Crippen molar-refractivity contribution in [2.75, 3.05) is 0 Å². The van der Waals surface area contributed by atoms with E-state index in [1.165, 1.54) is 39.0 Å². The highest BCUT2D eigenvalue weighted by Gasteiger charge is 2.25. The number of hydrogen-bond acceptors (Lipinski definition) is 0. The highest BCUT2D eigenvalue weighted by atomic mass is 14.3. The number of hydrogen-bond donors (Lipinski definition) is 0. The van der Waals surface area contributed by atoms with Gasteiger partial charge in [-0.1, -0.05) is 65.8 Å². The molecule has 0 unspecified atom stereocenters. The molecule has 0 heteroatoms. The van der Waals surface area contributed by atoms with Crippen LogP contribution < -0.4 is 0 Å². The zero-order chi connectivity index (χ0) is 13.7. The Balaban J connectivity index is 1.87. The lowest BCUT2D eigenvalue weighted by molar-refractivity contribution is 0.788. The van der Waals surface area contributed by atoms with Crippen LogP contribution in [0.2, 0.25) is 0 Å². The van der Waals surface area contributed by atoms with Crippen molar-refractivity contribution in [3.8, 4) is 0 Å². The molecule has 0 radical (unpaired) electrons. The van der Waals surface area contributed by atoms with Crippen molar-refractivity contribution < 1.29 is 0 Å². The largest absolute Gasteiger partial charge is 0.0590 e. The van der Waals surface area contributed by atoms with Gasteiger partial charge < -0.3 is 0 Å². The van der Waals surface area contributed by atoms with Crippen LogP contribution in [-0.4, -0.2) is 0 Å². The molecule has 0 N–H and O–H groups in total. The smallest absolute Gasteiger partial charge is 0.0136 e. The van der Waals surface area contributed by atoms with Gasteiger partial charge in [-0.2, -0.15) is 0 Å². The van der Waals surface area contributed by atoms with E-state index >= 15 is 0 Å². The number of fused-ring (bicyclic) bond motifs is 4. The summed E-state index contributed by atoms with van der Waals surface area (Å²) in [7, 11) is 0. The molecule has 2 aromatic rings. The average Bonchev–Trinajstić information content (AvgIpc) is 2.44. The number of aryl methyl sites for hydroxylation is 2. The molecule has 4 rings (SSSR count). The van der Waals surface area contributed by atoms with Gasteiger partial charge in [-0.25, -0.2) is 0 Å². The molecule has 0 heterocycles. The highest BCUT2D eigenvalue weighted by Crippen LogP contribution is 2.41. The first-order valence-corrected chi connectivity index (χ1v) is 7.30. The van der Waals surface area contributed by atoms with E-state index in [0.717, 1.165) is 6.42 Å². The molecule has 0 spiro atoms. The van der Waals surface area contributed by atoms with Gasteiger partial charge in [0.2, 0.25) is 0 Å². The van der Waals surface area contributed by atoms with Crippen molar-refractivity contribution in [3.05, 3.63) is 81.4 Å². The molecule has 2 aliphatic rings. The molecular formula is C20H18. The molecule has 2 aromatic carbocycles. The van der Waals surface area contributed by atoms with Gasteiger partial charge in [0, 0.05) is 5.92 Å². The van der Waals surface area contributed by atoms with E-state index < -0.39 is 0 Å². The van der Waals surface area contributed by atoms with Gasteiger partial charge in [0.25, 0.3) is 0 Å². The Morgan fingerprint density at radius 2 is 1.60 bits per heavy atom. The monoisotopic (exact) mass is 258 g/mol. The van der Waals surface area contributed by atoms with Gasteiger partial charge in [-0.3, -0.25) is 0 Å². The minimum atomic E-state index is 0.533. The molecule has 0 nitrogen and oxygen atoms in total. The lowest BCUT2D eigenvalue weighted by Gasteiger charge is -2.29. The van der Waals surface area contributed by atoms with Crippen LogP contribution >= 0.6 is 0 Å². The zero-order valence-corrected chi connectivity index (χ0v) is 12.0. The fraction of sp³-hybridized carbons (Fsp3) is 0.200. The van der Waals surface area contributed by atoms with Crippen LogP contribution in [-0.2, 0) is 6.42 Å². The molecule has 0 fully saturated rings. The molecule has 1 atom stereocenters. The summed E-state index contributed by atoms with van der Waals surface area (Å²) in [4.78, 5) is 0. The van der Waals surface area contributed by atoms with Crippen LogP contribution in [0.4, 0.5) is 0 Å². The van der Waals surface area contributed by atoms with Gasteiger partial charge in [-0.15, -0.1) is 0 Å². The van der Waals surface area contributed by atoms with Gasteiger partial charge in [0.05, 0.1) is 0 Å². The van der Waals surface area contributed by atoms with Crippen LogP contribution in [0.25, 0.3) is 12.2 Å². The second-order valence-corrected chi connectivity index (χ2v) is 6.07. The quantitative estimate of drug-likeness (QED) is 0.620. The lowest BCUT2D eigenvalue weighted by Crippen LogP contribution is -2.14. The minimum absolute atomic E-state index is 0.533. The van der Waals surface area contributed by atoms with Crippen LogP contribution in [0, 0.1) is 13.8 Å². The first-order chi connectivity index (χ1) is 9.70. The fourth-order valence-electron chi connectivity index (χ4n) is 3.45. The molecule has 0 saturated carbocycles.